The Hall–Kier alpha value is -4.66. The van der Waals surface area contributed by atoms with Gasteiger partial charge in [-0.3, -0.25) is 9.59 Å². The second kappa shape index (κ2) is 10.5. The number of nitrogens with one attached hydrogen (secondary N) is 1. The summed E-state index contributed by atoms with van der Waals surface area (Å²) in [5.74, 6) is -0.544. The molecule has 5 rings (SSSR count). The van der Waals surface area contributed by atoms with Crippen molar-refractivity contribution < 1.29 is 23.9 Å². The summed E-state index contributed by atoms with van der Waals surface area (Å²) in [5.41, 5.74) is 2.75. The zero-order valence-electron chi connectivity index (χ0n) is 20.3. The highest BCUT2D eigenvalue weighted by atomic mass is 16.5. The van der Waals surface area contributed by atoms with E-state index in [0.29, 0.717) is 35.8 Å². The third-order valence-electron chi connectivity index (χ3n) is 6.28. The fourth-order valence-corrected chi connectivity index (χ4v) is 4.26. The Kier molecular flexibility index (Phi) is 6.85. The highest BCUT2D eigenvalue weighted by Crippen LogP contribution is 2.26. The molecular weight excluding hydrogens is 472 g/mol. The number of amides is 1. The molecule has 1 aliphatic heterocycles. The molecule has 1 aliphatic rings. The van der Waals surface area contributed by atoms with Gasteiger partial charge in [0.05, 0.1) is 12.8 Å². The van der Waals surface area contributed by atoms with E-state index in [4.69, 9.17) is 9.47 Å². The van der Waals surface area contributed by atoms with Crippen LogP contribution in [0.4, 0.5) is 0 Å². The quantitative estimate of drug-likeness (QED) is 0.289. The molecule has 0 aliphatic carbocycles. The zero-order valence-corrected chi connectivity index (χ0v) is 20.3. The number of carbonyl (C=O) groups excluding carboxylic acids is 3. The summed E-state index contributed by atoms with van der Waals surface area (Å²) in [6, 6.07) is 18.1. The number of nitrogens with zero attached hydrogens (tertiary/aromatic N) is 3. The molecule has 4 aromatic rings. The number of ether oxygens (including phenoxy) is 2. The molecule has 9 heteroatoms. The molecule has 1 amide bonds. The summed E-state index contributed by atoms with van der Waals surface area (Å²) < 4.78 is 12.2. The molecule has 0 radical (unpaired) electrons. The predicted octanol–water partition coefficient (Wildman–Crippen LogP) is 4.15. The van der Waals surface area contributed by atoms with E-state index in [0.717, 1.165) is 18.5 Å². The van der Waals surface area contributed by atoms with Gasteiger partial charge in [0.2, 0.25) is 5.78 Å². The molecule has 0 unspecified atom stereocenters. The van der Waals surface area contributed by atoms with Crippen molar-refractivity contribution in [3.05, 3.63) is 89.9 Å². The molecular formula is C28H26N4O5. The van der Waals surface area contributed by atoms with Gasteiger partial charge in [0.1, 0.15) is 22.7 Å². The highest BCUT2D eigenvalue weighted by Gasteiger charge is 2.24. The number of Topliss-reactive ketones (excluding diaryl/α,β-unsaturated/α-hetero) is 1. The smallest absolute Gasteiger partial charge is 0.342 e. The van der Waals surface area contributed by atoms with Gasteiger partial charge >= 0.3 is 5.97 Å². The summed E-state index contributed by atoms with van der Waals surface area (Å²) in [7, 11) is 1.58. The normalized spacial score (nSPS) is 12.9. The van der Waals surface area contributed by atoms with Crippen molar-refractivity contribution >= 4 is 17.7 Å². The van der Waals surface area contributed by atoms with Crippen molar-refractivity contribution in [3.63, 3.8) is 0 Å². The molecule has 1 fully saturated rings. The standard InChI is InChI=1S/C28H26N4O5/c1-36-22-11-9-19(10-12-22)26-23(17-32(30-26)21-7-3-2-4-8-21)28(35)37-18-25(33)20-15-24(29-16-20)27(34)31-13-5-6-14-31/h2-4,7-12,15-17,29H,5-6,13-14,18H2,1H3. The molecule has 1 N–H and O–H groups in total. The van der Waals surface area contributed by atoms with Crippen molar-refractivity contribution in [3.8, 4) is 22.7 Å². The molecule has 2 aromatic heterocycles. The molecule has 37 heavy (non-hydrogen) atoms. The second-order valence-corrected chi connectivity index (χ2v) is 8.70. The monoisotopic (exact) mass is 498 g/mol. The van der Waals surface area contributed by atoms with Crippen LogP contribution < -0.4 is 4.74 Å². The van der Waals surface area contributed by atoms with Crippen LogP contribution in [-0.4, -0.2) is 64.1 Å². The van der Waals surface area contributed by atoms with Gasteiger partial charge in [0.25, 0.3) is 5.91 Å². The van der Waals surface area contributed by atoms with Gasteiger partial charge in [0, 0.05) is 36.6 Å². The lowest BCUT2D eigenvalue weighted by Crippen LogP contribution is -2.27. The number of ketones is 1. The number of hydrogen-bond acceptors (Lipinski definition) is 6. The molecule has 9 nitrogen and oxygen atoms in total. The van der Waals surface area contributed by atoms with E-state index in [-0.39, 0.29) is 17.0 Å². The van der Waals surface area contributed by atoms with Crippen LogP contribution in [0.2, 0.25) is 0 Å². The summed E-state index contributed by atoms with van der Waals surface area (Å²) >= 11 is 0. The van der Waals surface area contributed by atoms with Crippen LogP contribution in [0, 0.1) is 0 Å². The van der Waals surface area contributed by atoms with Gasteiger partial charge < -0.3 is 19.4 Å². The molecule has 3 heterocycles. The lowest BCUT2D eigenvalue weighted by atomic mass is 10.1. The first-order chi connectivity index (χ1) is 18.0. The Morgan fingerprint density at radius 2 is 1.73 bits per heavy atom. The number of para-hydroxylation sites is 1. The molecule has 188 valence electrons. The van der Waals surface area contributed by atoms with E-state index in [1.165, 1.54) is 12.3 Å². The van der Waals surface area contributed by atoms with Crippen LogP contribution in [0.3, 0.4) is 0 Å². The molecule has 2 aromatic carbocycles. The molecule has 0 bridgehead atoms. The topological polar surface area (TPSA) is 107 Å². The van der Waals surface area contributed by atoms with Crippen LogP contribution in [0.25, 0.3) is 16.9 Å². The van der Waals surface area contributed by atoms with Gasteiger partial charge in [-0.2, -0.15) is 5.10 Å². The molecule has 0 spiro atoms. The van der Waals surface area contributed by atoms with Gasteiger partial charge in [-0.1, -0.05) is 18.2 Å². The van der Waals surface area contributed by atoms with Crippen molar-refractivity contribution in [2.45, 2.75) is 12.8 Å². The minimum Gasteiger partial charge on any atom is -0.497 e. The van der Waals surface area contributed by atoms with Crippen LogP contribution in [-0.2, 0) is 4.74 Å². The molecule has 1 saturated heterocycles. The van der Waals surface area contributed by atoms with E-state index in [9.17, 15) is 14.4 Å². The van der Waals surface area contributed by atoms with Gasteiger partial charge in [-0.05, 0) is 55.3 Å². The Bertz CT molecular complexity index is 1420. The fraction of sp³-hybridized carbons (Fsp3) is 0.214. The second-order valence-electron chi connectivity index (χ2n) is 8.70. The van der Waals surface area contributed by atoms with Crippen molar-refractivity contribution in [1.29, 1.82) is 0 Å². The summed E-state index contributed by atoms with van der Waals surface area (Å²) in [5, 5.41) is 4.62. The first-order valence-electron chi connectivity index (χ1n) is 12.0. The molecule has 0 atom stereocenters. The average molecular weight is 499 g/mol. The number of aromatic amines is 1. The van der Waals surface area contributed by atoms with Crippen molar-refractivity contribution in [1.82, 2.24) is 19.7 Å². The average Bonchev–Trinajstić information content (AvgIpc) is 3.73. The number of esters is 1. The lowest BCUT2D eigenvalue weighted by Gasteiger charge is -2.13. The number of aromatic nitrogens is 3. The number of H-pyrrole nitrogens is 1. The van der Waals surface area contributed by atoms with Crippen LogP contribution in [0.15, 0.2) is 73.1 Å². The SMILES string of the molecule is COc1ccc(-c2nn(-c3ccccc3)cc2C(=O)OCC(=O)c2c[nH]c(C(=O)N3CCCC3)c2)cc1. The summed E-state index contributed by atoms with van der Waals surface area (Å²) in [6.45, 7) is 0.963. The number of methoxy groups -OCH3 is 1. The minimum atomic E-state index is -0.676. The Morgan fingerprint density at radius 1 is 1.00 bits per heavy atom. The largest absolute Gasteiger partial charge is 0.497 e. The first-order valence-corrected chi connectivity index (χ1v) is 12.0. The Morgan fingerprint density at radius 3 is 2.43 bits per heavy atom. The van der Waals surface area contributed by atoms with E-state index in [1.54, 1.807) is 47.2 Å². The number of hydrogen-bond donors (Lipinski definition) is 1. The van der Waals surface area contributed by atoms with Crippen molar-refractivity contribution in [2.75, 3.05) is 26.8 Å². The first kappa shape index (κ1) is 24.1. The molecule has 0 saturated carbocycles. The summed E-state index contributed by atoms with van der Waals surface area (Å²) in [6.07, 6.45) is 5.02. The van der Waals surface area contributed by atoms with Crippen LogP contribution >= 0.6 is 0 Å². The minimum absolute atomic E-state index is 0.133. The number of likely N-dealkylation sites (tertiary alicyclic amines) is 1. The predicted molar refractivity (Wildman–Crippen MR) is 136 cm³/mol. The Labute approximate surface area is 213 Å². The van der Waals surface area contributed by atoms with Gasteiger partial charge in [-0.15, -0.1) is 0 Å². The fourth-order valence-electron chi connectivity index (χ4n) is 4.26. The highest BCUT2D eigenvalue weighted by molar-refractivity contribution is 6.03. The maximum atomic E-state index is 13.1. The van der Waals surface area contributed by atoms with E-state index < -0.39 is 18.4 Å². The third-order valence-corrected chi connectivity index (χ3v) is 6.28. The van der Waals surface area contributed by atoms with E-state index in [1.807, 2.05) is 30.3 Å². The lowest BCUT2D eigenvalue weighted by molar-refractivity contribution is 0.0475. The van der Waals surface area contributed by atoms with Gasteiger partial charge in [-0.25, -0.2) is 9.48 Å². The Balaban J connectivity index is 1.33. The number of rotatable bonds is 8. The van der Waals surface area contributed by atoms with Gasteiger partial charge in [0.15, 0.2) is 6.61 Å². The van der Waals surface area contributed by atoms with E-state index >= 15 is 0 Å². The number of benzene rings is 2. The van der Waals surface area contributed by atoms with Crippen LogP contribution in [0.1, 0.15) is 44.0 Å². The maximum absolute atomic E-state index is 13.1. The maximum Gasteiger partial charge on any atom is 0.342 e. The van der Waals surface area contributed by atoms with E-state index in [2.05, 4.69) is 10.1 Å². The number of carbonyl (C=O) groups is 3. The summed E-state index contributed by atoms with van der Waals surface area (Å²) in [4.78, 5) is 43.0. The van der Waals surface area contributed by atoms with Crippen molar-refractivity contribution in [2.24, 2.45) is 0 Å². The zero-order chi connectivity index (χ0) is 25.8. The third kappa shape index (κ3) is 5.16. The van der Waals surface area contributed by atoms with Crippen LogP contribution in [0.5, 0.6) is 5.75 Å².